The summed E-state index contributed by atoms with van der Waals surface area (Å²) in [6, 6.07) is 11.3. The van der Waals surface area contributed by atoms with Crippen LogP contribution in [0.5, 0.6) is 0 Å². The molecule has 1 aliphatic rings. The minimum atomic E-state index is -1.12. The maximum Gasteiger partial charge on any atom is 0.337 e. The molecule has 1 fully saturated rings. The van der Waals surface area contributed by atoms with E-state index >= 15 is 0 Å². The molecule has 3 aromatic rings. The Balaban J connectivity index is 1.52. The predicted molar refractivity (Wildman–Crippen MR) is 124 cm³/mol. The highest BCUT2D eigenvalue weighted by Crippen LogP contribution is 2.31. The zero-order valence-corrected chi connectivity index (χ0v) is 18.9. The molecule has 1 saturated heterocycles. The van der Waals surface area contributed by atoms with Crippen molar-refractivity contribution in [3.05, 3.63) is 70.2 Å². The third kappa shape index (κ3) is 5.20. The van der Waals surface area contributed by atoms with Crippen LogP contribution in [0.4, 0.5) is 5.69 Å². The summed E-state index contributed by atoms with van der Waals surface area (Å²) >= 11 is 12.3. The number of rotatable bonds is 7. The second-order valence-electron chi connectivity index (χ2n) is 7.60. The summed E-state index contributed by atoms with van der Waals surface area (Å²) in [5.41, 5.74) is -0.112. The SMILES string of the molecule is O=C(O)c1ccccc1NC(=O)C1(NCc2ncc(-c3cc(Cl)ccc3Cl)o2)CCOCC1. The van der Waals surface area contributed by atoms with Crippen molar-refractivity contribution >= 4 is 40.8 Å². The van der Waals surface area contributed by atoms with Gasteiger partial charge in [-0.15, -0.1) is 0 Å². The molecule has 0 unspecified atom stereocenters. The number of para-hydroxylation sites is 1. The van der Waals surface area contributed by atoms with Gasteiger partial charge in [-0.25, -0.2) is 9.78 Å². The highest BCUT2D eigenvalue weighted by Gasteiger charge is 2.40. The molecule has 8 nitrogen and oxygen atoms in total. The summed E-state index contributed by atoms with van der Waals surface area (Å²) in [6.07, 6.45) is 2.36. The van der Waals surface area contributed by atoms with Crippen LogP contribution in [0.15, 0.2) is 53.1 Å². The Morgan fingerprint density at radius 2 is 1.88 bits per heavy atom. The number of carboxylic acid groups (broad SMARTS) is 1. The fourth-order valence-corrected chi connectivity index (χ4v) is 4.05. The number of hydrogen-bond acceptors (Lipinski definition) is 6. The molecule has 2 heterocycles. The van der Waals surface area contributed by atoms with Gasteiger partial charge in [0.1, 0.15) is 5.54 Å². The van der Waals surface area contributed by atoms with Crippen molar-refractivity contribution in [2.24, 2.45) is 0 Å². The normalized spacial score (nSPS) is 15.2. The predicted octanol–water partition coefficient (Wildman–Crippen LogP) is 4.62. The number of carbonyl (C=O) groups is 2. The first-order valence-corrected chi connectivity index (χ1v) is 11.0. The van der Waals surface area contributed by atoms with Gasteiger partial charge in [0.2, 0.25) is 11.8 Å². The van der Waals surface area contributed by atoms with Crippen LogP contribution >= 0.6 is 23.2 Å². The smallest absolute Gasteiger partial charge is 0.337 e. The van der Waals surface area contributed by atoms with Crippen molar-refractivity contribution in [3.8, 4) is 11.3 Å². The monoisotopic (exact) mass is 489 g/mol. The molecule has 1 aliphatic heterocycles. The molecule has 172 valence electrons. The van der Waals surface area contributed by atoms with E-state index in [4.69, 9.17) is 32.4 Å². The number of amides is 1. The first-order chi connectivity index (χ1) is 15.9. The zero-order chi connectivity index (χ0) is 23.4. The van der Waals surface area contributed by atoms with Crippen LogP contribution in [-0.2, 0) is 16.1 Å². The molecule has 0 bridgehead atoms. The van der Waals surface area contributed by atoms with E-state index < -0.39 is 11.5 Å². The number of anilines is 1. The third-order valence-electron chi connectivity index (χ3n) is 5.51. The summed E-state index contributed by atoms with van der Waals surface area (Å²) in [5.74, 6) is -0.637. The zero-order valence-electron chi connectivity index (χ0n) is 17.4. The van der Waals surface area contributed by atoms with Gasteiger partial charge in [-0.1, -0.05) is 35.3 Å². The number of carboxylic acids is 1. The van der Waals surface area contributed by atoms with Gasteiger partial charge in [0.15, 0.2) is 5.76 Å². The fraction of sp³-hybridized carbons (Fsp3) is 0.261. The van der Waals surface area contributed by atoms with E-state index in [0.29, 0.717) is 53.3 Å². The lowest BCUT2D eigenvalue weighted by Crippen LogP contribution is -2.57. The maximum atomic E-state index is 13.3. The molecule has 0 spiro atoms. The van der Waals surface area contributed by atoms with Gasteiger partial charge in [-0.2, -0.15) is 0 Å². The van der Waals surface area contributed by atoms with E-state index in [1.54, 1.807) is 42.6 Å². The Morgan fingerprint density at radius 3 is 2.64 bits per heavy atom. The molecule has 1 aromatic heterocycles. The summed E-state index contributed by atoms with van der Waals surface area (Å²) in [5, 5.41) is 16.4. The van der Waals surface area contributed by atoms with Crippen LogP contribution in [0.3, 0.4) is 0 Å². The summed E-state index contributed by atoms with van der Waals surface area (Å²) in [7, 11) is 0. The van der Waals surface area contributed by atoms with Crippen LogP contribution < -0.4 is 10.6 Å². The van der Waals surface area contributed by atoms with E-state index in [9.17, 15) is 14.7 Å². The maximum absolute atomic E-state index is 13.3. The highest BCUT2D eigenvalue weighted by molar-refractivity contribution is 6.35. The molecule has 0 saturated carbocycles. The summed E-state index contributed by atoms with van der Waals surface area (Å²) < 4.78 is 11.3. The molecular formula is C23H21Cl2N3O5. The van der Waals surface area contributed by atoms with Crippen LogP contribution in [0, 0.1) is 0 Å². The first-order valence-electron chi connectivity index (χ1n) is 10.2. The molecule has 2 aromatic carbocycles. The number of halogens is 2. The number of nitrogens with one attached hydrogen (secondary N) is 2. The van der Waals surface area contributed by atoms with Crippen LogP contribution in [0.2, 0.25) is 10.0 Å². The van der Waals surface area contributed by atoms with Crippen molar-refractivity contribution in [2.45, 2.75) is 24.9 Å². The summed E-state index contributed by atoms with van der Waals surface area (Å²) in [4.78, 5) is 29.1. The van der Waals surface area contributed by atoms with Crippen molar-refractivity contribution in [1.29, 1.82) is 0 Å². The number of benzene rings is 2. The number of aromatic nitrogens is 1. The lowest BCUT2D eigenvalue weighted by Gasteiger charge is -2.36. The Kier molecular flexibility index (Phi) is 6.99. The minimum absolute atomic E-state index is 0.0174. The topological polar surface area (TPSA) is 114 Å². The molecule has 4 rings (SSSR count). The van der Waals surface area contributed by atoms with E-state index in [2.05, 4.69) is 15.6 Å². The number of nitrogens with zero attached hydrogens (tertiary/aromatic N) is 1. The fourth-order valence-electron chi connectivity index (χ4n) is 3.67. The lowest BCUT2D eigenvalue weighted by atomic mass is 9.88. The van der Waals surface area contributed by atoms with Gasteiger partial charge in [0.25, 0.3) is 0 Å². The van der Waals surface area contributed by atoms with Gasteiger partial charge < -0.3 is 19.6 Å². The van der Waals surface area contributed by atoms with E-state index in [-0.39, 0.29) is 23.7 Å². The Bertz CT molecular complexity index is 1170. The van der Waals surface area contributed by atoms with Crippen LogP contribution in [0.25, 0.3) is 11.3 Å². The van der Waals surface area contributed by atoms with Crippen molar-refractivity contribution in [1.82, 2.24) is 10.3 Å². The molecule has 0 aliphatic carbocycles. The number of aromatic carboxylic acids is 1. The Labute approximate surface area is 199 Å². The molecule has 0 atom stereocenters. The van der Waals surface area contributed by atoms with E-state index in [1.807, 2.05) is 0 Å². The molecule has 3 N–H and O–H groups in total. The summed E-state index contributed by atoms with van der Waals surface area (Å²) in [6.45, 7) is 0.943. The van der Waals surface area contributed by atoms with Crippen LogP contribution in [0.1, 0.15) is 29.1 Å². The molecule has 10 heteroatoms. The average molecular weight is 490 g/mol. The van der Waals surface area contributed by atoms with Crippen molar-refractivity contribution < 1.29 is 23.8 Å². The van der Waals surface area contributed by atoms with Crippen molar-refractivity contribution in [3.63, 3.8) is 0 Å². The first kappa shape index (κ1) is 23.3. The van der Waals surface area contributed by atoms with Gasteiger partial charge in [0.05, 0.1) is 29.0 Å². The Morgan fingerprint density at radius 1 is 1.12 bits per heavy atom. The second kappa shape index (κ2) is 9.93. The number of carbonyl (C=O) groups excluding carboxylic acids is 1. The van der Waals surface area contributed by atoms with Gasteiger partial charge in [-0.3, -0.25) is 10.1 Å². The largest absolute Gasteiger partial charge is 0.478 e. The Hall–Kier alpha value is -2.91. The second-order valence-corrected chi connectivity index (χ2v) is 8.44. The van der Waals surface area contributed by atoms with Crippen molar-refractivity contribution in [2.75, 3.05) is 18.5 Å². The van der Waals surface area contributed by atoms with Gasteiger partial charge in [0, 0.05) is 23.8 Å². The number of oxazole rings is 1. The van der Waals surface area contributed by atoms with E-state index in [1.165, 1.54) is 6.07 Å². The highest BCUT2D eigenvalue weighted by atomic mass is 35.5. The lowest BCUT2D eigenvalue weighted by molar-refractivity contribution is -0.126. The average Bonchev–Trinajstić information content (AvgIpc) is 3.29. The number of ether oxygens (including phenoxy) is 1. The quantitative estimate of drug-likeness (QED) is 0.443. The molecule has 0 radical (unpaired) electrons. The molecule has 33 heavy (non-hydrogen) atoms. The standard InChI is InChI=1S/C23H21Cl2N3O5/c24-14-5-6-17(25)16(11-14)19-12-26-20(33-19)13-27-23(7-9-32-10-8-23)22(31)28-18-4-2-1-3-15(18)21(29)30/h1-6,11-12,27H,7-10,13H2,(H,28,31)(H,29,30). The molecule has 1 amide bonds. The van der Waals surface area contributed by atoms with E-state index in [0.717, 1.165) is 0 Å². The third-order valence-corrected chi connectivity index (χ3v) is 6.08. The molecular weight excluding hydrogens is 469 g/mol. The van der Waals surface area contributed by atoms with Crippen LogP contribution in [-0.4, -0.2) is 40.7 Å². The van der Waals surface area contributed by atoms with Gasteiger partial charge >= 0.3 is 5.97 Å². The number of hydrogen-bond donors (Lipinski definition) is 3. The minimum Gasteiger partial charge on any atom is -0.478 e. The van der Waals surface area contributed by atoms with Gasteiger partial charge in [-0.05, 0) is 43.2 Å².